The Bertz CT molecular complexity index is 149. The van der Waals surface area contributed by atoms with E-state index in [2.05, 4.69) is 33.0 Å². The van der Waals surface area contributed by atoms with Gasteiger partial charge in [-0.15, -0.1) is 0 Å². The van der Waals surface area contributed by atoms with Crippen molar-refractivity contribution >= 4 is 0 Å². The van der Waals surface area contributed by atoms with Gasteiger partial charge in [-0.3, -0.25) is 0 Å². The molecule has 0 aromatic rings. The van der Waals surface area contributed by atoms with Gasteiger partial charge in [-0.2, -0.15) is 0 Å². The maximum Gasteiger partial charge on any atom is -0.00205 e. The molecule has 0 spiro atoms. The topological polar surface area (TPSA) is 12.0 Å². The number of rotatable bonds is 14. The number of unbranched alkanes of at least 4 members (excludes halogenated alkanes) is 4. The molecule has 1 heteroatoms. The maximum atomic E-state index is 3.74. The fraction of sp³-hybridized carbons (Fsp3) is 1.00. The summed E-state index contributed by atoms with van der Waals surface area (Å²) in [6, 6.07) is 0. The smallest absolute Gasteiger partial charge is 0.00205 e. The Morgan fingerprint density at radius 3 is 1.37 bits per heavy atom. The van der Waals surface area contributed by atoms with Crippen LogP contribution in [0.4, 0.5) is 0 Å². The monoisotopic (exact) mass is 269 g/mol. The summed E-state index contributed by atoms with van der Waals surface area (Å²) in [6.45, 7) is 11.8. The largest absolute Gasteiger partial charge is 0.316 e. The van der Waals surface area contributed by atoms with Crippen LogP contribution in [0.3, 0.4) is 0 Å². The van der Waals surface area contributed by atoms with Crippen LogP contribution in [0.25, 0.3) is 0 Å². The van der Waals surface area contributed by atoms with E-state index in [0.717, 1.165) is 11.8 Å². The van der Waals surface area contributed by atoms with Gasteiger partial charge in [0.1, 0.15) is 0 Å². The third-order valence-electron chi connectivity index (χ3n) is 4.45. The summed E-state index contributed by atoms with van der Waals surface area (Å²) in [5.41, 5.74) is 0. The van der Waals surface area contributed by atoms with Gasteiger partial charge < -0.3 is 5.32 Å². The van der Waals surface area contributed by atoms with Gasteiger partial charge in [0.05, 0.1) is 0 Å². The number of hydrogen-bond acceptors (Lipinski definition) is 1. The van der Waals surface area contributed by atoms with E-state index >= 15 is 0 Å². The zero-order valence-electron chi connectivity index (χ0n) is 14.1. The molecule has 0 rings (SSSR count). The van der Waals surface area contributed by atoms with Crippen LogP contribution < -0.4 is 5.32 Å². The van der Waals surface area contributed by atoms with Crippen molar-refractivity contribution in [1.82, 2.24) is 5.32 Å². The summed E-state index contributed by atoms with van der Waals surface area (Å²) in [5.74, 6) is 1.80. The summed E-state index contributed by atoms with van der Waals surface area (Å²) in [7, 11) is 0. The van der Waals surface area contributed by atoms with E-state index in [1.165, 1.54) is 77.3 Å². The van der Waals surface area contributed by atoms with Crippen LogP contribution in [0, 0.1) is 11.8 Å². The van der Waals surface area contributed by atoms with E-state index in [1.807, 2.05) is 0 Å². The van der Waals surface area contributed by atoms with Gasteiger partial charge >= 0.3 is 0 Å². The molecular formula is C18H39N. The minimum absolute atomic E-state index is 0.902. The lowest BCUT2D eigenvalue weighted by molar-refractivity contribution is 0.368. The molecule has 0 aliphatic rings. The molecule has 2 atom stereocenters. The third kappa shape index (κ3) is 11.5. The number of nitrogens with one attached hydrogen (secondary N) is 1. The minimum atomic E-state index is 0.902. The van der Waals surface area contributed by atoms with Gasteiger partial charge in [-0.25, -0.2) is 0 Å². The molecule has 1 N–H and O–H groups in total. The fourth-order valence-corrected chi connectivity index (χ4v) is 2.76. The first-order chi connectivity index (χ1) is 9.28. The van der Waals surface area contributed by atoms with Crippen LogP contribution in [0.5, 0.6) is 0 Å². The first kappa shape index (κ1) is 19.0. The Morgan fingerprint density at radius 1 is 0.632 bits per heavy atom. The van der Waals surface area contributed by atoms with Crippen LogP contribution >= 0.6 is 0 Å². The van der Waals surface area contributed by atoms with Gasteiger partial charge in [0, 0.05) is 0 Å². The van der Waals surface area contributed by atoms with E-state index in [9.17, 15) is 0 Å². The van der Waals surface area contributed by atoms with Gasteiger partial charge in [-0.05, 0) is 37.8 Å². The lowest BCUT2D eigenvalue weighted by Crippen LogP contribution is -2.28. The highest BCUT2D eigenvalue weighted by molar-refractivity contribution is 4.65. The molecule has 0 amide bonds. The van der Waals surface area contributed by atoms with E-state index in [-0.39, 0.29) is 0 Å². The first-order valence-electron chi connectivity index (χ1n) is 8.99. The third-order valence-corrected chi connectivity index (χ3v) is 4.45. The quantitative estimate of drug-likeness (QED) is 0.394. The highest BCUT2D eigenvalue weighted by Gasteiger charge is 2.09. The van der Waals surface area contributed by atoms with Gasteiger partial charge in [-0.1, -0.05) is 79.1 Å². The van der Waals surface area contributed by atoms with Gasteiger partial charge in [0.15, 0.2) is 0 Å². The van der Waals surface area contributed by atoms with Gasteiger partial charge in [0.25, 0.3) is 0 Å². The summed E-state index contributed by atoms with van der Waals surface area (Å²) >= 11 is 0. The molecule has 0 fully saturated rings. The standard InChI is InChI=1S/C18H39N/c1-5-9-11-13-17(7-3)15-19-16-18(8-4)14-12-10-6-2/h17-19H,5-16H2,1-4H3. The molecule has 19 heavy (non-hydrogen) atoms. The zero-order valence-corrected chi connectivity index (χ0v) is 14.1. The van der Waals surface area contributed by atoms with E-state index in [1.54, 1.807) is 0 Å². The van der Waals surface area contributed by atoms with E-state index in [0.29, 0.717) is 0 Å². The van der Waals surface area contributed by atoms with Crippen molar-refractivity contribution < 1.29 is 0 Å². The lowest BCUT2D eigenvalue weighted by atomic mass is 9.96. The highest BCUT2D eigenvalue weighted by atomic mass is 14.9. The fourth-order valence-electron chi connectivity index (χ4n) is 2.76. The molecule has 0 aliphatic heterocycles. The summed E-state index contributed by atoms with van der Waals surface area (Å²) in [4.78, 5) is 0. The molecule has 0 saturated heterocycles. The van der Waals surface area contributed by atoms with Crippen molar-refractivity contribution in [3.8, 4) is 0 Å². The summed E-state index contributed by atoms with van der Waals surface area (Å²) in [5, 5.41) is 3.74. The molecule has 0 heterocycles. The Hall–Kier alpha value is -0.0400. The Kier molecular flexibility index (Phi) is 14.3. The normalized spacial score (nSPS) is 14.5. The van der Waals surface area contributed by atoms with E-state index in [4.69, 9.17) is 0 Å². The molecule has 0 bridgehead atoms. The Balaban J connectivity index is 3.64. The molecule has 1 nitrogen and oxygen atoms in total. The second kappa shape index (κ2) is 14.4. The molecule has 2 unspecified atom stereocenters. The lowest BCUT2D eigenvalue weighted by Gasteiger charge is -2.19. The summed E-state index contributed by atoms with van der Waals surface area (Å²) in [6.07, 6.45) is 13.9. The van der Waals surface area contributed by atoms with Gasteiger partial charge in [0.2, 0.25) is 0 Å². The van der Waals surface area contributed by atoms with Crippen molar-refractivity contribution in [2.24, 2.45) is 11.8 Å². The number of hydrogen-bond donors (Lipinski definition) is 1. The second-order valence-corrected chi connectivity index (χ2v) is 6.20. The molecule has 116 valence electrons. The van der Waals surface area contributed by atoms with Crippen molar-refractivity contribution in [3.63, 3.8) is 0 Å². The van der Waals surface area contributed by atoms with Crippen LogP contribution in [0.15, 0.2) is 0 Å². The second-order valence-electron chi connectivity index (χ2n) is 6.20. The molecule has 0 aliphatic carbocycles. The average Bonchev–Trinajstić information content (AvgIpc) is 2.44. The van der Waals surface area contributed by atoms with Crippen molar-refractivity contribution in [3.05, 3.63) is 0 Å². The van der Waals surface area contributed by atoms with E-state index < -0.39 is 0 Å². The molecular weight excluding hydrogens is 230 g/mol. The maximum absolute atomic E-state index is 3.74. The average molecular weight is 270 g/mol. The predicted octanol–water partition coefficient (Wildman–Crippen LogP) is 5.79. The van der Waals surface area contributed by atoms with Crippen LogP contribution in [-0.4, -0.2) is 13.1 Å². The van der Waals surface area contributed by atoms with Crippen molar-refractivity contribution in [2.45, 2.75) is 91.9 Å². The summed E-state index contributed by atoms with van der Waals surface area (Å²) < 4.78 is 0. The highest BCUT2D eigenvalue weighted by Crippen LogP contribution is 2.15. The molecule has 0 aromatic carbocycles. The predicted molar refractivity (Wildman–Crippen MR) is 88.7 cm³/mol. The molecule has 0 saturated carbocycles. The first-order valence-corrected chi connectivity index (χ1v) is 8.99. The van der Waals surface area contributed by atoms with Crippen LogP contribution in [-0.2, 0) is 0 Å². The Labute approximate surface area is 122 Å². The SMILES string of the molecule is CCCCCC(CC)CNCC(CC)CCCCC. The van der Waals surface area contributed by atoms with Crippen LogP contribution in [0.1, 0.15) is 91.9 Å². The molecule has 0 aromatic heterocycles. The van der Waals surface area contributed by atoms with Crippen LogP contribution in [0.2, 0.25) is 0 Å². The van der Waals surface area contributed by atoms with Crippen molar-refractivity contribution in [2.75, 3.05) is 13.1 Å². The Morgan fingerprint density at radius 2 is 1.05 bits per heavy atom. The minimum Gasteiger partial charge on any atom is -0.316 e. The van der Waals surface area contributed by atoms with Crippen molar-refractivity contribution in [1.29, 1.82) is 0 Å². The molecule has 0 radical (unpaired) electrons. The zero-order chi connectivity index (χ0) is 14.3.